The summed E-state index contributed by atoms with van der Waals surface area (Å²) in [6.07, 6.45) is 13.2. The van der Waals surface area contributed by atoms with Gasteiger partial charge in [-0.15, -0.1) is 11.3 Å². The molecule has 0 aliphatic heterocycles. The first kappa shape index (κ1) is 15.4. The molecule has 124 valence electrons. The van der Waals surface area contributed by atoms with E-state index in [1.807, 2.05) is 6.92 Å². The Bertz CT molecular complexity index is 916. The van der Waals surface area contributed by atoms with E-state index < -0.39 is 0 Å². The minimum absolute atomic E-state index is 0.00688. The van der Waals surface area contributed by atoms with E-state index in [4.69, 9.17) is 0 Å². The molecule has 0 aromatic carbocycles. The van der Waals surface area contributed by atoms with Crippen molar-refractivity contribution >= 4 is 21.6 Å². The van der Waals surface area contributed by atoms with E-state index in [-0.39, 0.29) is 11.6 Å². The highest BCUT2D eigenvalue weighted by atomic mass is 32.1. The van der Waals surface area contributed by atoms with Crippen LogP contribution in [-0.2, 0) is 19.3 Å². The fourth-order valence-electron chi connectivity index (χ4n) is 3.49. The Morgan fingerprint density at radius 2 is 2.08 bits per heavy atom. The lowest BCUT2D eigenvalue weighted by molar-refractivity contribution is 0.517. The van der Waals surface area contributed by atoms with Gasteiger partial charge in [0.2, 0.25) is 0 Å². The van der Waals surface area contributed by atoms with E-state index in [1.165, 1.54) is 29.7 Å². The lowest BCUT2D eigenvalue weighted by atomic mass is 10.1. The number of fused-ring (bicyclic) bond motifs is 3. The predicted octanol–water partition coefficient (Wildman–Crippen LogP) is 3.32. The summed E-state index contributed by atoms with van der Waals surface area (Å²) in [6.45, 7) is 2.04. The molecule has 0 radical (unpaired) electrons. The number of hydrogen-bond acceptors (Lipinski definition) is 5. The van der Waals surface area contributed by atoms with Crippen molar-refractivity contribution in [2.75, 3.05) is 0 Å². The molecule has 3 aromatic rings. The van der Waals surface area contributed by atoms with Crippen LogP contribution in [0.1, 0.15) is 48.4 Å². The Kier molecular flexibility index (Phi) is 4.14. The fraction of sp³-hybridized carbons (Fsp3) is 0.444. The maximum absolute atomic E-state index is 13.1. The number of nitrogens with zero attached hydrogens (tertiary/aromatic N) is 4. The normalized spacial score (nSPS) is 15.9. The minimum Gasteiger partial charge on any atom is -0.295 e. The molecule has 0 fully saturated rings. The van der Waals surface area contributed by atoms with Crippen molar-refractivity contribution in [3.63, 3.8) is 0 Å². The van der Waals surface area contributed by atoms with Crippen LogP contribution >= 0.6 is 11.3 Å². The zero-order chi connectivity index (χ0) is 16.5. The van der Waals surface area contributed by atoms with Gasteiger partial charge in [-0.2, -0.15) is 0 Å². The summed E-state index contributed by atoms with van der Waals surface area (Å²) >= 11 is 1.70. The maximum atomic E-state index is 13.1. The Morgan fingerprint density at radius 1 is 1.21 bits per heavy atom. The molecule has 0 spiro atoms. The molecule has 1 atom stereocenters. The molecule has 1 aliphatic rings. The highest BCUT2D eigenvalue weighted by molar-refractivity contribution is 7.18. The molecular weight excluding hydrogens is 320 g/mol. The second-order valence-corrected chi connectivity index (χ2v) is 7.54. The van der Waals surface area contributed by atoms with Crippen LogP contribution in [0.4, 0.5) is 0 Å². The average molecular weight is 340 g/mol. The lowest BCUT2D eigenvalue weighted by Gasteiger charge is -2.14. The topological polar surface area (TPSA) is 60.7 Å². The Morgan fingerprint density at radius 3 is 2.92 bits per heavy atom. The molecule has 0 bridgehead atoms. The van der Waals surface area contributed by atoms with Crippen molar-refractivity contribution in [2.24, 2.45) is 0 Å². The van der Waals surface area contributed by atoms with Gasteiger partial charge in [-0.3, -0.25) is 19.3 Å². The molecule has 0 saturated heterocycles. The summed E-state index contributed by atoms with van der Waals surface area (Å²) in [7, 11) is 0. The van der Waals surface area contributed by atoms with Gasteiger partial charge in [0, 0.05) is 35.9 Å². The van der Waals surface area contributed by atoms with Gasteiger partial charge in [0.15, 0.2) is 0 Å². The van der Waals surface area contributed by atoms with Gasteiger partial charge in [0.05, 0.1) is 17.4 Å². The molecule has 3 aromatic heterocycles. The fourth-order valence-corrected chi connectivity index (χ4v) is 4.71. The first-order chi connectivity index (χ1) is 11.7. The number of aryl methyl sites for hydroxylation is 2. The third-order valence-corrected chi connectivity index (χ3v) is 5.95. The third kappa shape index (κ3) is 2.75. The van der Waals surface area contributed by atoms with Crippen LogP contribution in [0, 0.1) is 0 Å². The van der Waals surface area contributed by atoms with E-state index in [0.717, 1.165) is 28.8 Å². The van der Waals surface area contributed by atoms with Crippen LogP contribution in [0.25, 0.3) is 10.2 Å². The van der Waals surface area contributed by atoms with Crippen molar-refractivity contribution < 1.29 is 0 Å². The van der Waals surface area contributed by atoms with Gasteiger partial charge in [0.25, 0.3) is 5.56 Å². The molecule has 3 heterocycles. The van der Waals surface area contributed by atoms with Crippen LogP contribution in [0.2, 0.25) is 0 Å². The van der Waals surface area contributed by atoms with E-state index in [2.05, 4.69) is 15.0 Å². The second kappa shape index (κ2) is 6.43. The molecule has 0 saturated carbocycles. The smallest absolute Gasteiger partial charge is 0.262 e. The Balaban J connectivity index is 1.75. The van der Waals surface area contributed by atoms with Crippen LogP contribution < -0.4 is 5.56 Å². The van der Waals surface area contributed by atoms with E-state index >= 15 is 0 Å². The van der Waals surface area contributed by atoms with E-state index in [0.29, 0.717) is 6.42 Å². The van der Waals surface area contributed by atoms with Crippen molar-refractivity contribution in [2.45, 2.75) is 51.5 Å². The molecule has 6 heteroatoms. The zero-order valence-corrected chi connectivity index (χ0v) is 14.6. The molecular formula is C18H20N4OS. The molecule has 24 heavy (non-hydrogen) atoms. The Labute approximate surface area is 144 Å². The Hall–Kier alpha value is -2.08. The summed E-state index contributed by atoms with van der Waals surface area (Å²) < 4.78 is 1.76. The predicted molar refractivity (Wildman–Crippen MR) is 95.6 cm³/mol. The number of rotatable bonds is 3. The maximum Gasteiger partial charge on any atom is 0.262 e. The van der Waals surface area contributed by atoms with Gasteiger partial charge in [-0.25, -0.2) is 4.98 Å². The SMILES string of the molecule is C[C@@H](Cc1cnccn1)n1cnc2sc3c(c2c1=O)CCCCC3. The standard InChI is InChI=1S/C18H20N4OS/c1-12(9-13-10-19-7-8-20-13)22-11-21-17-16(18(22)23)14-5-3-2-4-6-15(14)24-17/h7-8,10-12H,2-6,9H2,1H3/t12-/m0/s1. The van der Waals surface area contributed by atoms with Gasteiger partial charge in [-0.05, 0) is 38.2 Å². The quantitative estimate of drug-likeness (QED) is 0.686. The number of aromatic nitrogens is 4. The monoisotopic (exact) mass is 340 g/mol. The highest BCUT2D eigenvalue weighted by Gasteiger charge is 2.20. The second-order valence-electron chi connectivity index (χ2n) is 6.45. The highest BCUT2D eigenvalue weighted by Crippen LogP contribution is 2.32. The van der Waals surface area contributed by atoms with Crippen LogP contribution in [0.15, 0.2) is 29.7 Å². The van der Waals surface area contributed by atoms with Crippen LogP contribution in [0.3, 0.4) is 0 Å². The van der Waals surface area contributed by atoms with Gasteiger partial charge >= 0.3 is 0 Å². The number of thiophene rings is 1. The summed E-state index contributed by atoms with van der Waals surface area (Å²) in [5.41, 5.74) is 2.24. The number of hydrogen-bond donors (Lipinski definition) is 0. The average Bonchev–Trinajstić information content (AvgIpc) is 2.79. The van der Waals surface area contributed by atoms with Gasteiger partial charge in [0.1, 0.15) is 4.83 Å². The zero-order valence-electron chi connectivity index (χ0n) is 13.7. The molecule has 0 N–H and O–H groups in total. The van der Waals surface area contributed by atoms with Gasteiger partial charge < -0.3 is 0 Å². The van der Waals surface area contributed by atoms with Crippen molar-refractivity contribution in [1.29, 1.82) is 0 Å². The largest absolute Gasteiger partial charge is 0.295 e. The molecule has 5 nitrogen and oxygen atoms in total. The first-order valence-electron chi connectivity index (χ1n) is 8.50. The van der Waals surface area contributed by atoms with Crippen molar-refractivity contribution in [3.8, 4) is 0 Å². The first-order valence-corrected chi connectivity index (χ1v) is 9.32. The summed E-state index contributed by atoms with van der Waals surface area (Å²) in [6, 6.07) is 0.00688. The third-order valence-electron chi connectivity index (χ3n) is 4.75. The summed E-state index contributed by atoms with van der Waals surface area (Å²) in [4.78, 5) is 28.4. The van der Waals surface area contributed by atoms with Crippen molar-refractivity contribution in [1.82, 2.24) is 19.5 Å². The van der Waals surface area contributed by atoms with E-state index in [9.17, 15) is 4.79 Å². The van der Waals surface area contributed by atoms with Crippen LogP contribution in [-0.4, -0.2) is 19.5 Å². The minimum atomic E-state index is 0.00688. The lowest BCUT2D eigenvalue weighted by Crippen LogP contribution is -2.25. The van der Waals surface area contributed by atoms with E-state index in [1.54, 1.807) is 40.8 Å². The summed E-state index contributed by atoms with van der Waals surface area (Å²) in [5.74, 6) is 0. The molecule has 0 unspecified atom stereocenters. The van der Waals surface area contributed by atoms with Crippen molar-refractivity contribution in [3.05, 3.63) is 51.4 Å². The molecule has 1 aliphatic carbocycles. The van der Waals surface area contributed by atoms with Gasteiger partial charge in [-0.1, -0.05) is 6.42 Å². The molecule has 0 amide bonds. The van der Waals surface area contributed by atoms with Crippen LogP contribution in [0.5, 0.6) is 0 Å². The summed E-state index contributed by atoms with van der Waals surface area (Å²) in [5, 5.41) is 0.852. The molecule has 4 rings (SSSR count).